The van der Waals surface area contributed by atoms with Crippen LogP contribution >= 0.6 is 0 Å². The molecule has 0 aromatic heterocycles. The van der Waals surface area contributed by atoms with Gasteiger partial charge in [0.15, 0.2) is 0 Å². The van der Waals surface area contributed by atoms with E-state index in [-0.39, 0.29) is 18.1 Å². The number of rotatable bonds is 5. The van der Waals surface area contributed by atoms with Crippen LogP contribution < -0.4 is 0 Å². The molecular weight excluding hydrogens is 350 g/mol. The number of hydrogen-bond donors (Lipinski definition) is 1. The van der Waals surface area contributed by atoms with Crippen molar-refractivity contribution in [3.8, 4) is 11.1 Å². The average Bonchev–Trinajstić information content (AvgIpc) is 3.30. The molecular formula is C24H29NO3. The van der Waals surface area contributed by atoms with E-state index in [9.17, 15) is 9.90 Å². The summed E-state index contributed by atoms with van der Waals surface area (Å²) in [7, 11) is 0. The predicted molar refractivity (Wildman–Crippen MR) is 110 cm³/mol. The van der Waals surface area contributed by atoms with Gasteiger partial charge in [0.1, 0.15) is 6.61 Å². The van der Waals surface area contributed by atoms with Gasteiger partial charge >= 0.3 is 6.09 Å². The summed E-state index contributed by atoms with van der Waals surface area (Å²) in [4.78, 5) is 14.7. The van der Waals surface area contributed by atoms with E-state index in [2.05, 4.69) is 36.4 Å². The third kappa shape index (κ3) is 3.79. The molecule has 2 aromatic rings. The van der Waals surface area contributed by atoms with Crippen LogP contribution in [-0.2, 0) is 4.74 Å². The number of aliphatic hydroxyl groups is 1. The van der Waals surface area contributed by atoms with Crippen molar-refractivity contribution in [3.05, 3.63) is 59.7 Å². The Balaban J connectivity index is 1.52. The first-order chi connectivity index (χ1) is 13.4. The van der Waals surface area contributed by atoms with Crippen molar-refractivity contribution in [1.82, 2.24) is 4.90 Å². The summed E-state index contributed by atoms with van der Waals surface area (Å²) >= 11 is 0. The molecule has 0 atom stereocenters. The second-order valence-corrected chi connectivity index (χ2v) is 8.68. The number of fused-ring (bicyclic) bond motifs is 3. The molecule has 4 nitrogen and oxygen atoms in total. The maximum atomic E-state index is 13.0. The summed E-state index contributed by atoms with van der Waals surface area (Å²) in [5.74, 6) is 0.0592. The normalized spacial score (nSPS) is 16.7. The Bertz CT molecular complexity index is 803. The molecule has 1 fully saturated rings. The van der Waals surface area contributed by atoms with E-state index in [1.54, 1.807) is 18.7 Å². The van der Waals surface area contributed by atoms with Crippen LogP contribution in [-0.4, -0.2) is 40.9 Å². The van der Waals surface area contributed by atoms with Crippen molar-refractivity contribution < 1.29 is 14.6 Å². The first kappa shape index (κ1) is 19.0. The zero-order valence-electron chi connectivity index (χ0n) is 16.7. The largest absolute Gasteiger partial charge is 0.448 e. The fourth-order valence-electron chi connectivity index (χ4n) is 4.65. The van der Waals surface area contributed by atoms with Gasteiger partial charge in [0.05, 0.1) is 12.1 Å². The number of benzene rings is 2. The van der Waals surface area contributed by atoms with Crippen LogP contribution in [0, 0.1) is 0 Å². The summed E-state index contributed by atoms with van der Waals surface area (Å²) in [5.41, 5.74) is 3.94. The lowest BCUT2D eigenvalue weighted by Crippen LogP contribution is -2.47. The zero-order valence-corrected chi connectivity index (χ0v) is 16.7. The van der Waals surface area contributed by atoms with E-state index in [0.29, 0.717) is 13.2 Å². The van der Waals surface area contributed by atoms with E-state index in [1.165, 1.54) is 22.3 Å². The molecule has 2 aliphatic rings. The predicted octanol–water partition coefficient (Wildman–Crippen LogP) is 4.95. The number of carbonyl (C=O) groups excluding carboxylic acids is 1. The molecule has 1 N–H and O–H groups in total. The van der Waals surface area contributed by atoms with Gasteiger partial charge in [-0.05, 0) is 48.9 Å². The van der Waals surface area contributed by atoms with Gasteiger partial charge in [-0.25, -0.2) is 4.79 Å². The third-order valence-corrected chi connectivity index (χ3v) is 5.89. The fraction of sp³-hybridized carbons (Fsp3) is 0.458. The SMILES string of the molecule is CC(C)(O)CN(C(=O)OCC1c2ccccc2-c2ccccc21)C1CCCC1. The van der Waals surface area contributed by atoms with E-state index < -0.39 is 5.60 Å². The van der Waals surface area contributed by atoms with Crippen molar-refractivity contribution in [3.63, 3.8) is 0 Å². The van der Waals surface area contributed by atoms with E-state index in [0.717, 1.165) is 25.7 Å². The van der Waals surface area contributed by atoms with Gasteiger partial charge in [-0.2, -0.15) is 0 Å². The molecule has 0 unspecified atom stereocenters. The number of carbonyl (C=O) groups is 1. The zero-order chi connectivity index (χ0) is 19.7. The molecule has 28 heavy (non-hydrogen) atoms. The van der Waals surface area contributed by atoms with Crippen LogP contribution in [0.15, 0.2) is 48.5 Å². The lowest BCUT2D eigenvalue weighted by atomic mass is 9.98. The molecule has 0 aliphatic heterocycles. The number of ether oxygens (including phenoxy) is 1. The summed E-state index contributed by atoms with van der Waals surface area (Å²) in [6, 6.07) is 16.9. The van der Waals surface area contributed by atoms with Gasteiger partial charge in [-0.1, -0.05) is 61.4 Å². The minimum atomic E-state index is -0.936. The first-order valence-corrected chi connectivity index (χ1v) is 10.3. The smallest absolute Gasteiger partial charge is 0.410 e. The van der Waals surface area contributed by atoms with E-state index in [4.69, 9.17) is 4.74 Å². The molecule has 1 saturated carbocycles. The summed E-state index contributed by atoms with van der Waals surface area (Å²) in [6.45, 7) is 4.10. The Hall–Kier alpha value is -2.33. The first-order valence-electron chi connectivity index (χ1n) is 10.3. The van der Waals surface area contributed by atoms with Crippen LogP contribution in [0.4, 0.5) is 4.79 Å². The second kappa shape index (κ2) is 7.59. The monoisotopic (exact) mass is 379 g/mol. The minimum absolute atomic E-state index is 0.0592. The standard InChI is InChI=1S/C24H29NO3/c1-24(2,27)16-25(17-9-3-4-10-17)23(26)28-15-22-20-13-7-5-11-18(20)19-12-6-8-14-21(19)22/h5-8,11-14,17,22,27H,3-4,9-10,15-16H2,1-2H3. The molecule has 2 aliphatic carbocycles. The number of nitrogens with zero attached hydrogens (tertiary/aromatic N) is 1. The Morgan fingerprint density at radius 3 is 2.11 bits per heavy atom. The van der Waals surface area contributed by atoms with Crippen molar-refractivity contribution in [1.29, 1.82) is 0 Å². The fourth-order valence-corrected chi connectivity index (χ4v) is 4.65. The number of hydrogen-bond acceptors (Lipinski definition) is 3. The molecule has 2 aromatic carbocycles. The third-order valence-electron chi connectivity index (χ3n) is 5.89. The van der Waals surface area contributed by atoms with Gasteiger partial charge in [-0.15, -0.1) is 0 Å². The molecule has 148 valence electrons. The van der Waals surface area contributed by atoms with Crippen molar-refractivity contribution in [2.75, 3.05) is 13.2 Å². The molecule has 4 rings (SSSR count). The molecule has 0 spiro atoms. The highest BCUT2D eigenvalue weighted by molar-refractivity contribution is 5.79. The molecule has 4 heteroatoms. The summed E-state index contributed by atoms with van der Waals surface area (Å²) in [5, 5.41) is 10.3. The average molecular weight is 380 g/mol. The van der Waals surface area contributed by atoms with E-state index >= 15 is 0 Å². The summed E-state index contributed by atoms with van der Waals surface area (Å²) < 4.78 is 5.84. The van der Waals surface area contributed by atoms with Crippen molar-refractivity contribution in [2.45, 2.75) is 57.1 Å². The molecule has 1 amide bonds. The highest BCUT2D eigenvalue weighted by Gasteiger charge is 2.34. The topological polar surface area (TPSA) is 49.8 Å². The summed E-state index contributed by atoms with van der Waals surface area (Å²) in [6.07, 6.45) is 3.92. The molecule has 0 bridgehead atoms. The van der Waals surface area contributed by atoms with Gasteiger partial charge < -0.3 is 14.7 Å². The van der Waals surface area contributed by atoms with E-state index in [1.807, 2.05) is 12.1 Å². The van der Waals surface area contributed by atoms with Crippen LogP contribution in [0.1, 0.15) is 56.6 Å². The maximum Gasteiger partial charge on any atom is 0.410 e. The van der Waals surface area contributed by atoms with Gasteiger partial charge in [-0.3, -0.25) is 0 Å². The Labute approximate surface area is 167 Å². The van der Waals surface area contributed by atoms with Crippen LogP contribution in [0.3, 0.4) is 0 Å². The maximum absolute atomic E-state index is 13.0. The van der Waals surface area contributed by atoms with Gasteiger partial charge in [0, 0.05) is 12.0 Å². The van der Waals surface area contributed by atoms with Crippen LogP contribution in [0.5, 0.6) is 0 Å². The molecule has 0 saturated heterocycles. The Kier molecular flexibility index (Phi) is 5.15. The quantitative estimate of drug-likeness (QED) is 0.799. The number of amides is 1. The lowest BCUT2D eigenvalue weighted by Gasteiger charge is -2.33. The van der Waals surface area contributed by atoms with Crippen molar-refractivity contribution >= 4 is 6.09 Å². The lowest BCUT2D eigenvalue weighted by molar-refractivity contribution is 0.0140. The highest BCUT2D eigenvalue weighted by Crippen LogP contribution is 2.44. The minimum Gasteiger partial charge on any atom is -0.448 e. The van der Waals surface area contributed by atoms with Gasteiger partial charge in [0.25, 0.3) is 0 Å². The second-order valence-electron chi connectivity index (χ2n) is 8.68. The Morgan fingerprint density at radius 2 is 1.57 bits per heavy atom. The molecule has 0 heterocycles. The van der Waals surface area contributed by atoms with Gasteiger partial charge in [0.2, 0.25) is 0 Å². The molecule has 0 radical (unpaired) electrons. The Morgan fingerprint density at radius 1 is 1.04 bits per heavy atom. The highest BCUT2D eigenvalue weighted by atomic mass is 16.6. The van der Waals surface area contributed by atoms with Crippen LogP contribution in [0.2, 0.25) is 0 Å². The van der Waals surface area contributed by atoms with Crippen LogP contribution in [0.25, 0.3) is 11.1 Å². The van der Waals surface area contributed by atoms with Crippen molar-refractivity contribution in [2.24, 2.45) is 0 Å².